The molecule has 0 spiro atoms. The highest BCUT2D eigenvalue weighted by Crippen LogP contribution is 2.19. The Morgan fingerprint density at radius 2 is 1.92 bits per heavy atom. The Labute approximate surface area is 147 Å². The maximum Gasteiger partial charge on any atom is 0.241 e. The first kappa shape index (κ1) is 17.3. The summed E-state index contributed by atoms with van der Waals surface area (Å²) in [4.78, 5) is 4.52. The van der Waals surface area contributed by atoms with Crippen molar-refractivity contribution in [1.82, 2.24) is 19.5 Å². The third-order valence-electron chi connectivity index (χ3n) is 4.01. The van der Waals surface area contributed by atoms with Crippen LogP contribution >= 0.6 is 0 Å². The number of sulfonamides is 1. The van der Waals surface area contributed by atoms with Crippen molar-refractivity contribution in [3.8, 4) is 11.3 Å². The molecule has 6 nitrogen and oxygen atoms in total. The Morgan fingerprint density at radius 1 is 1.12 bits per heavy atom. The molecule has 7 heteroatoms. The van der Waals surface area contributed by atoms with E-state index in [-0.39, 0.29) is 6.54 Å². The van der Waals surface area contributed by atoms with Crippen LogP contribution in [0.3, 0.4) is 0 Å². The van der Waals surface area contributed by atoms with Crippen molar-refractivity contribution in [1.29, 1.82) is 0 Å². The Morgan fingerprint density at radius 3 is 2.64 bits per heavy atom. The average molecular weight is 356 g/mol. The van der Waals surface area contributed by atoms with Crippen molar-refractivity contribution >= 4 is 10.0 Å². The first-order valence-electron chi connectivity index (χ1n) is 7.86. The predicted molar refractivity (Wildman–Crippen MR) is 96.4 cm³/mol. The van der Waals surface area contributed by atoms with Gasteiger partial charge in [0, 0.05) is 37.7 Å². The van der Waals surface area contributed by atoms with Crippen LogP contribution in [0.5, 0.6) is 0 Å². The van der Waals surface area contributed by atoms with Crippen LogP contribution in [0.2, 0.25) is 0 Å². The van der Waals surface area contributed by atoms with E-state index in [0.29, 0.717) is 4.90 Å². The largest absolute Gasteiger partial charge is 0.268 e. The maximum absolute atomic E-state index is 12.6. The standard InChI is InChI=1S/C18H20N4O2S/c1-13-4-5-14(2)18(8-13)25(23,24)21-11-15-9-16(12-19-10-15)17-6-7-20-22(17)3/h4-10,12,21H,11H2,1-3H3. The Bertz CT molecular complexity index is 1010. The molecule has 3 rings (SSSR count). The number of aromatic nitrogens is 3. The number of hydrogen-bond donors (Lipinski definition) is 1. The van der Waals surface area contributed by atoms with E-state index in [0.717, 1.165) is 27.9 Å². The van der Waals surface area contributed by atoms with Gasteiger partial charge in [0.15, 0.2) is 0 Å². The SMILES string of the molecule is Cc1ccc(C)c(S(=O)(=O)NCc2cncc(-c3ccnn3C)c2)c1. The molecular weight excluding hydrogens is 336 g/mol. The zero-order valence-electron chi connectivity index (χ0n) is 14.4. The van der Waals surface area contributed by atoms with Crippen molar-refractivity contribution in [2.45, 2.75) is 25.3 Å². The van der Waals surface area contributed by atoms with Gasteiger partial charge in [0.1, 0.15) is 0 Å². The second kappa shape index (κ2) is 6.78. The molecule has 0 atom stereocenters. The lowest BCUT2D eigenvalue weighted by atomic mass is 10.1. The topological polar surface area (TPSA) is 76.9 Å². The van der Waals surface area contributed by atoms with Gasteiger partial charge in [0.05, 0.1) is 10.6 Å². The van der Waals surface area contributed by atoms with Gasteiger partial charge in [-0.1, -0.05) is 12.1 Å². The maximum atomic E-state index is 12.6. The number of aryl methyl sites for hydroxylation is 3. The van der Waals surface area contributed by atoms with Gasteiger partial charge in [-0.2, -0.15) is 5.10 Å². The van der Waals surface area contributed by atoms with Crippen LogP contribution in [-0.2, 0) is 23.6 Å². The van der Waals surface area contributed by atoms with Crippen LogP contribution < -0.4 is 4.72 Å². The molecule has 130 valence electrons. The van der Waals surface area contributed by atoms with Gasteiger partial charge in [-0.3, -0.25) is 9.67 Å². The van der Waals surface area contributed by atoms with Gasteiger partial charge in [-0.15, -0.1) is 0 Å². The molecule has 2 aromatic heterocycles. The van der Waals surface area contributed by atoms with Crippen LogP contribution in [0.4, 0.5) is 0 Å². The van der Waals surface area contributed by atoms with Gasteiger partial charge in [0.25, 0.3) is 0 Å². The van der Waals surface area contributed by atoms with E-state index in [1.165, 1.54) is 0 Å². The normalized spacial score (nSPS) is 11.6. The second-order valence-electron chi connectivity index (χ2n) is 6.02. The molecule has 0 amide bonds. The zero-order valence-corrected chi connectivity index (χ0v) is 15.2. The fourth-order valence-corrected chi connectivity index (χ4v) is 3.98. The van der Waals surface area contributed by atoms with Gasteiger partial charge in [-0.25, -0.2) is 13.1 Å². The van der Waals surface area contributed by atoms with Gasteiger partial charge in [0.2, 0.25) is 10.0 Å². The van der Waals surface area contributed by atoms with E-state index in [1.54, 1.807) is 36.3 Å². The van der Waals surface area contributed by atoms with E-state index in [2.05, 4.69) is 14.8 Å². The smallest absolute Gasteiger partial charge is 0.241 e. The Balaban J connectivity index is 1.82. The lowest BCUT2D eigenvalue weighted by molar-refractivity contribution is 0.580. The highest BCUT2D eigenvalue weighted by Gasteiger charge is 2.17. The van der Waals surface area contributed by atoms with Crippen LogP contribution in [0.25, 0.3) is 11.3 Å². The molecule has 0 aliphatic heterocycles. The van der Waals surface area contributed by atoms with E-state index >= 15 is 0 Å². The van der Waals surface area contributed by atoms with E-state index in [9.17, 15) is 8.42 Å². The summed E-state index contributed by atoms with van der Waals surface area (Å²) in [5, 5.41) is 4.14. The first-order chi connectivity index (χ1) is 11.9. The average Bonchev–Trinajstić information content (AvgIpc) is 3.01. The summed E-state index contributed by atoms with van der Waals surface area (Å²) in [5.74, 6) is 0. The number of pyridine rings is 1. The number of nitrogens with zero attached hydrogens (tertiary/aromatic N) is 3. The molecular formula is C18H20N4O2S. The van der Waals surface area contributed by atoms with E-state index in [1.807, 2.05) is 38.2 Å². The summed E-state index contributed by atoms with van der Waals surface area (Å²) < 4.78 is 29.6. The first-order valence-corrected chi connectivity index (χ1v) is 9.34. The number of benzene rings is 1. The summed E-state index contributed by atoms with van der Waals surface area (Å²) in [6.45, 7) is 3.84. The quantitative estimate of drug-likeness (QED) is 0.762. The monoisotopic (exact) mass is 356 g/mol. The van der Waals surface area contributed by atoms with Crippen molar-refractivity contribution in [3.05, 3.63) is 65.6 Å². The molecule has 0 saturated carbocycles. The molecule has 0 fully saturated rings. The molecule has 0 aliphatic rings. The third kappa shape index (κ3) is 3.78. The van der Waals surface area contributed by atoms with Crippen LogP contribution in [0.1, 0.15) is 16.7 Å². The van der Waals surface area contributed by atoms with Crippen LogP contribution in [-0.4, -0.2) is 23.2 Å². The summed E-state index contributed by atoms with van der Waals surface area (Å²) in [7, 11) is -1.73. The molecule has 1 N–H and O–H groups in total. The van der Waals surface area contributed by atoms with Gasteiger partial charge >= 0.3 is 0 Å². The highest BCUT2D eigenvalue weighted by molar-refractivity contribution is 7.89. The highest BCUT2D eigenvalue weighted by atomic mass is 32.2. The van der Waals surface area contributed by atoms with Crippen molar-refractivity contribution in [3.63, 3.8) is 0 Å². The van der Waals surface area contributed by atoms with Crippen molar-refractivity contribution in [2.75, 3.05) is 0 Å². The van der Waals surface area contributed by atoms with Crippen molar-refractivity contribution < 1.29 is 8.42 Å². The summed E-state index contributed by atoms with van der Waals surface area (Å²) in [6.07, 6.45) is 5.11. The molecule has 0 unspecified atom stereocenters. The molecule has 0 aliphatic carbocycles. The third-order valence-corrected chi connectivity index (χ3v) is 5.55. The Kier molecular flexibility index (Phi) is 4.69. The van der Waals surface area contributed by atoms with Crippen molar-refractivity contribution in [2.24, 2.45) is 7.05 Å². The lowest BCUT2D eigenvalue weighted by Crippen LogP contribution is -2.24. The number of hydrogen-bond acceptors (Lipinski definition) is 4. The van der Waals surface area contributed by atoms with Gasteiger partial charge < -0.3 is 0 Å². The predicted octanol–water partition coefficient (Wildman–Crippen LogP) is 2.58. The molecule has 0 saturated heterocycles. The second-order valence-corrected chi connectivity index (χ2v) is 7.75. The van der Waals surface area contributed by atoms with E-state index in [4.69, 9.17) is 0 Å². The summed E-state index contributed by atoms with van der Waals surface area (Å²) >= 11 is 0. The molecule has 0 radical (unpaired) electrons. The van der Waals surface area contributed by atoms with E-state index < -0.39 is 10.0 Å². The van der Waals surface area contributed by atoms with Crippen LogP contribution in [0, 0.1) is 13.8 Å². The molecule has 0 bridgehead atoms. The molecule has 2 heterocycles. The minimum absolute atomic E-state index is 0.175. The minimum atomic E-state index is -3.58. The fourth-order valence-electron chi connectivity index (χ4n) is 2.63. The zero-order chi connectivity index (χ0) is 18.0. The number of nitrogens with one attached hydrogen (secondary N) is 1. The molecule has 3 aromatic rings. The summed E-state index contributed by atoms with van der Waals surface area (Å²) in [6, 6.07) is 9.20. The summed E-state index contributed by atoms with van der Waals surface area (Å²) in [5.41, 5.74) is 4.23. The lowest BCUT2D eigenvalue weighted by Gasteiger charge is -2.11. The molecule has 25 heavy (non-hydrogen) atoms. The Hall–Kier alpha value is -2.51. The van der Waals surface area contributed by atoms with Gasteiger partial charge in [-0.05, 0) is 48.7 Å². The minimum Gasteiger partial charge on any atom is -0.268 e. The van der Waals surface area contributed by atoms with Crippen LogP contribution in [0.15, 0.2) is 53.8 Å². The fraction of sp³-hybridized carbons (Fsp3) is 0.222. The molecule has 1 aromatic carbocycles. The number of rotatable bonds is 5.